The third-order valence-corrected chi connectivity index (χ3v) is 5.97. The molecular formula is C15H13BrINO4S. The minimum Gasteiger partial charge on any atom is -0.465 e. The number of esters is 1. The first kappa shape index (κ1) is 18.2. The van der Waals surface area contributed by atoms with Crippen LogP contribution in [0.1, 0.15) is 15.9 Å². The fourth-order valence-electron chi connectivity index (χ4n) is 1.81. The second-order valence-electron chi connectivity index (χ2n) is 4.72. The first-order valence-electron chi connectivity index (χ1n) is 6.41. The molecule has 0 saturated carbocycles. The quantitative estimate of drug-likeness (QED) is 0.500. The van der Waals surface area contributed by atoms with Crippen molar-refractivity contribution in [2.24, 2.45) is 0 Å². The SMILES string of the molecule is COC(=O)c1cc(I)c(NS(=O)(=O)c2ccc(C)cc2)cc1Br. The maximum atomic E-state index is 12.4. The van der Waals surface area contributed by atoms with E-state index in [1.165, 1.54) is 7.11 Å². The van der Waals surface area contributed by atoms with Gasteiger partial charge in [0.1, 0.15) is 0 Å². The predicted octanol–water partition coefficient (Wildman–Crippen LogP) is 3.95. The summed E-state index contributed by atoms with van der Waals surface area (Å²) >= 11 is 5.22. The number of ether oxygens (including phenoxy) is 1. The first-order valence-corrected chi connectivity index (χ1v) is 9.77. The Morgan fingerprint density at radius 1 is 1.22 bits per heavy atom. The number of carbonyl (C=O) groups is 1. The van der Waals surface area contributed by atoms with Crippen LogP contribution in [0.5, 0.6) is 0 Å². The van der Waals surface area contributed by atoms with Gasteiger partial charge < -0.3 is 4.74 Å². The van der Waals surface area contributed by atoms with Crippen LogP contribution in [-0.2, 0) is 14.8 Å². The molecule has 1 N–H and O–H groups in total. The maximum absolute atomic E-state index is 12.4. The van der Waals surface area contributed by atoms with Gasteiger partial charge >= 0.3 is 5.97 Å². The summed E-state index contributed by atoms with van der Waals surface area (Å²) in [5, 5.41) is 0. The van der Waals surface area contributed by atoms with E-state index < -0.39 is 16.0 Å². The Morgan fingerprint density at radius 3 is 2.39 bits per heavy atom. The molecule has 122 valence electrons. The standard InChI is InChI=1S/C15H13BrINO4S/c1-9-3-5-10(6-4-9)23(20,21)18-14-8-12(16)11(7-13(14)17)15(19)22-2/h3-8,18H,1-2H3. The first-order chi connectivity index (χ1) is 10.7. The van der Waals surface area contributed by atoms with Crippen molar-refractivity contribution in [1.82, 2.24) is 0 Å². The van der Waals surface area contributed by atoms with Gasteiger partial charge in [0, 0.05) is 8.04 Å². The monoisotopic (exact) mass is 509 g/mol. The zero-order chi connectivity index (χ0) is 17.2. The number of hydrogen-bond donors (Lipinski definition) is 1. The summed E-state index contributed by atoms with van der Waals surface area (Å²) in [5.74, 6) is -0.497. The van der Waals surface area contributed by atoms with E-state index in [1.54, 1.807) is 36.4 Å². The maximum Gasteiger partial charge on any atom is 0.339 e. The summed E-state index contributed by atoms with van der Waals surface area (Å²) in [4.78, 5) is 11.8. The minimum atomic E-state index is -3.70. The van der Waals surface area contributed by atoms with Crippen molar-refractivity contribution in [2.75, 3.05) is 11.8 Å². The number of hydrogen-bond acceptors (Lipinski definition) is 4. The number of halogens is 2. The number of aryl methyl sites for hydroxylation is 1. The largest absolute Gasteiger partial charge is 0.465 e. The van der Waals surface area contributed by atoms with E-state index >= 15 is 0 Å². The van der Waals surface area contributed by atoms with Gasteiger partial charge in [-0.2, -0.15) is 0 Å². The normalized spacial score (nSPS) is 11.1. The number of anilines is 1. The van der Waals surface area contributed by atoms with Crippen molar-refractivity contribution >= 4 is 60.2 Å². The molecule has 0 saturated heterocycles. The minimum absolute atomic E-state index is 0.173. The van der Waals surface area contributed by atoms with Gasteiger partial charge in [-0.05, 0) is 69.7 Å². The number of carbonyl (C=O) groups excluding carboxylic acids is 1. The lowest BCUT2D eigenvalue weighted by Gasteiger charge is -2.12. The van der Waals surface area contributed by atoms with E-state index in [1.807, 2.05) is 29.5 Å². The van der Waals surface area contributed by atoms with E-state index in [9.17, 15) is 13.2 Å². The van der Waals surface area contributed by atoms with Crippen LogP contribution in [0.4, 0.5) is 5.69 Å². The van der Waals surface area contributed by atoms with Crippen LogP contribution < -0.4 is 4.72 Å². The van der Waals surface area contributed by atoms with Crippen molar-refractivity contribution in [3.63, 3.8) is 0 Å². The summed E-state index contributed by atoms with van der Waals surface area (Å²) in [5.41, 5.74) is 1.68. The molecule has 23 heavy (non-hydrogen) atoms. The van der Waals surface area contributed by atoms with Gasteiger partial charge in [-0.15, -0.1) is 0 Å². The van der Waals surface area contributed by atoms with Crippen molar-refractivity contribution in [3.8, 4) is 0 Å². The third kappa shape index (κ3) is 4.24. The molecule has 0 unspecified atom stereocenters. The number of rotatable bonds is 4. The Balaban J connectivity index is 2.38. The van der Waals surface area contributed by atoms with Crippen LogP contribution in [0.15, 0.2) is 45.8 Å². The summed E-state index contributed by atoms with van der Waals surface area (Å²) < 4.78 is 33.1. The Kier molecular flexibility index (Phi) is 5.69. The Morgan fingerprint density at radius 2 is 1.83 bits per heavy atom. The molecule has 0 aliphatic rings. The van der Waals surface area contributed by atoms with Crippen LogP contribution in [-0.4, -0.2) is 21.5 Å². The van der Waals surface area contributed by atoms with Gasteiger partial charge in [0.25, 0.3) is 10.0 Å². The van der Waals surface area contributed by atoms with Crippen molar-refractivity contribution in [3.05, 3.63) is 55.6 Å². The molecule has 0 amide bonds. The van der Waals surface area contributed by atoms with E-state index in [0.29, 0.717) is 19.3 Å². The summed E-state index contributed by atoms with van der Waals surface area (Å²) in [6.07, 6.45) is 0. The Bertz CT molecular complexity index is 851. The molecule has 0 aliphatic heterocycles. The molecule has 0 heterocycles. The second-order valence-corrected chi connectivity index (χ2v) is 8.42. The van der Waals surface area contributed by atoms with Crippen LogP contribution >= 0.6 is 38.5 Å². The molecule has 0 aromatic heterocycles. The molecular weight excluding hydrogens is 497 g/mol. The number of nitrogens with one attached hydrogen (secondary N) is 1. The molecule has 0 fully saturated rings. The van der Waals surface area contributed by atoms with Crippen LogP contribution in [0, 0.1) is 10.5 Å². The Labute approximate surface area is 156 Å². The summed E-state index contributed by atoms with van der Waals surface area (Å²) in [6.45, 7) is 1.88. The number of methoxy groups -OCH3 is 1. The lowest BCUT2D eigenvalue weighted by atomic mass is 10.2. The molecule has 0 radical (unpaired) electrons. The highest BCUT2D eigenvalue weighted by Crippen LogP contribution is 2.29. The highest BCUT2D eigenvalue weighted by atomic mass is 127. The van der Waals surface area contributed by atoms with Crippen molar-refractivity contribution in [1.29, 1.82) is 0 Å². The van der Waals surface area contributed by atoms with Gasteiger partial charge in [0.2, 0.25) is 0 Å². The van der Waals surface area contributed by atoms with Crippen LogP contribution in [0.3, 0.4) is 0 Å². The van der Waals surface area contributed by atoms with Gasteiger partial charge in [-0.25, -0.2) is 13.2 Å². The molecule has 2 aromatic rings. The smallest absolute Gasteiger partial charge is 0.339 e. The average Bonchev–Trinajstić information content (AvgIpc) is 2.50. The van der Waals surface area contributed by atoms with E-state index in [0.717, 1.165) is 5.56 Å². The van der Waals surface area contributed by atoms with Gasteiger partial charge in [-0.1, -0.05) is 17.7 Å². The molecule has 0 bridgehead atoms. The molecule has 0 atom stereocenters. The summed E-state index contributed by atoms with van der Waals surface area (Å²) in [7, 11) is -2.41. The van der Waals surface area contributed by atoms with E-state index in [-0.39, 0.29) is 4.90 Å². The lowest BCUT2D eigenvalue weighted by Crippen LogP contribution is -2.14. The van der Waals surface area contributed by atoms with Crippen molar-refractivity contribution < 1.29 is 17.9 Å². The van der Waals surface area contributed by atoms with Crippen molar-refractivity contribution in [2.45, 2.75) is 11.8 Å². The number of benzene rings is 2. The fourth-order valence-corrected chi connectivity index (χ4v) is 4.17. The zero-order valence-corrected chi connectivity index (χ0v) is 16.8. The molecule has 5 nitrogen and oxygen atoms in total. The molecule has 0 aliphatic carbocycles. The van der Waals surface area contributed by atoms with Crippen LogP contribution in [0.2, 0.25) is 0 Å². The summed E-state index contributed by atoms with van der Waals surface area (Å²) in [6, 6.07) is 9.65. The molecule has 2 rings (SSSR count). The highest BCUT2D eigenvalue weighted by Gasteiger charge is 2.19. The van der Waals surface area contributed by atoms with Gasteiger partial charge in [-0.3, -0.25) is 4.72 Å². The topological polar surface area (TPSA) is 72.5 Å². The Hall–Kier alpha value is -1.13. The molecule has 0 spiro atoms. The zero-order valence-electron chi connectivity index (χ0n) is 12.3. The van der Waals surface area contributed by atoms with Crippen LogP contribution in [0.25, 0.3) is 0 Å². The molecule has 2 aromatic carbocycles. The van der Waals surface area contributed by atoms with Gasteiger partial charge in [0.15, 0.2) is 0 Å². The van der Waals surface area contributed by atoms with E-state index in [2.05, 4.69) is 25.4 Å². The van der Waals surface area contributed by atoms with E-state index in [4.69, 9.17) is 0 Å². The predicted molar refractivity (Wildman–Crippen MR) is 100 cm³/mol. The lowest BCUT2D eigenvalue weighted by molar-refractivity contribution is 0.0599. The highest BCUT2D eigenvalue weighted by molar-refractivity contribution is 14.1. The fraction of sp³-hybridized carbons (Fsp3) is 0.133. The van der Waals surface area contributed by atoms with Gasteiger partial charge in [0.05, 0.1) is 23.3 Å². The number of sulfonamides is 1. The molecule has 8 heteroatoms. The second kappa shape index (κ2) is 7.18. The average molecular weight is 510 g/mol. The third-order valence-electron chi connectivity index (χ3n) is 3.04.